The average Bonchev–Trinajstić information content (AvgIpc) is 2.24. The Balaban J connectivity index is 0.000000325. The maximum atomic E-state index is 9.87. The van der Waals surface area contributed by atoms with E-state index in [1.807, 2.05) is 14.1 Å². The number of rotatable bonds is 1. The zero-order valence-electron chi connectivity index (χ0n) is 9.07. The van der Waals surface area contributed by atoms with E-state index >= 15 is 0 Å². The van der Waals surface area contributed by atoms with E-state index in [-0.39, 0.29) is 0 Å². The first-order chi connectivity index (χ1) is 7.11. The molecule has 5 nitrogen and oxygen atoms in total. The molecule has 0 spiro atoms. The fraction of sp³-hybridized carbons (Fsp3) is 1.00. The molecule has 104 valence electrons. The second kappa shape index (κ2) is 3.88. The molecule has 0 radical (unpaired) electrons. The van der Waals surface area contributed by atoms with Gasteiger partial charge in [0.1, 0.15) is 18.4 Å². The summed E-state index contributed by atoms with van der Waals surface area (Å²) >= 11 is 0. The van der Waals surface area contributed by atoms with E-state index in [4.69, 9.17) is 5.53 Å². The Labute approximate surface area is 93.0 Å². The molecule has 1 saturated heterocycles. The van der Waals surface area contributed by atoms with E-state index in [0.29, 0.717) is 4.59 Å². The Morgan fingerprint density at radius 1 is 1.24 bits per heavy atom. The quantitative estimate of drug-likeness (QED) is 0.180. The molecule has 0 N–H and O–H groups in total. The van der Waals surface area contributed by atoms with Crippen LogP contribution in [0.4, 0.5) is 25.2 Å². The van der Waals surface area contributed by atoms with Crippen LogP contribution in [0.5, 0.6) is 0 Å². The molecule has 0 saturated carbocycles. The van der Waals surface area contributed by atoms with Gasteiger partial charge >= 0.3 is 33.0 Å². The Bertz CT molecular complexity index is 321. The predicted octanol–water partition coefficient (Wildman–Crippen LogP) is 3.94. The Kier molecular flexibility index (Phi) is 3.70. The van der Waals surface area contributed by atoms with Gasteiger partial charge in [-0.3, -0.25) is 4.90 Å². The third-order valence-electron chi connectivity index (χ3n) is 1.77. The molecule has 12 heteroatoms. The van der Waals surface area contributed by atoms with Gasteiger partial charge < -0.3 is 0 Å². The van der Waals surface area contributed by atoms with Crippen molar-refractivity contribution in [3.63, 3.8) is 0 Å². The van der Waals surface area contributed by atoms with E-state index in [9.17, 15) is 25.2 Å². The number of hydrogen-bond donors (Lipinski definition) is 0. The fourth-order valence-electron chi connectivity index (χ4n) is 1.22. The summed E-state index contributed by atoms with van der Waals surface area (Å²) in [6.07, 6.45) is 0. The topological polar surface area (TPSA) is 52.0 Å². The van der Waals surface area contributed by atoms with Gasteiger partial charge in [0.2, 0.25) is 0 Å². The van der Waals surface area contributed by atoms with Gasteiger partial charge in [-0.1, -0.05) is 0 Å². The summed E-state index contributed by atoms with van der Waals surface area (Å²) in [5.74, 6) is 0. The summed E-state index contributed by atoms with van der Waals surface area (Å²) in [5.41, 5.74) is 8.20. The van der Waals surface area contributed by atoms with Crippen molar-refractivity contribution < 1.29 is 29.8 Å². The zero-order valence-corrected chi connectivity index (χ0v) is 9.97. The summed E-state index contributed by atoms with van der Waals surface area (Å²) < 4.78 is 59.7. The SMILES string of the molecule is CN1CC[N+](C)(N=[N+]=[N-])C1.F[P-](F)(F)(F)(F)F. The maximum absolute atomic E-state index is 10.7. The molecular weight excluding hydrogens is 275 g/mol. The standard InChI is InChI=1S/C5H12N5.F6P/c1-9-3-4-10(2,5-9)8-7-6;1-7(2,3,4,5)6/h3-5H2,1-2H3;/q+1;-1. The first-order valence-corrected chi connectivity index (χ1v) is 6.30. The number of nitrogens with zero attached hydrogens (tertiary/aromatic N) is 5. The van der Waals surface area contributed by atoms with Crippen LogP contribution >= 0.6 is 7.81 Å². The van der Waals surface area contributed by atoms with Gasteiger partial charge in [0.05, 0.1) is 18.5 Å². The van der Waals surface area contributed by atoms with Crippen LogP contribution in [-0.4, -0.2) is 43.3 Å². The Hall–Kier alpha value is -0.760. The van der Waals surface area contributed by atoms with Crippen LogP contribution in [-0.2, 0) is 0 Å². The molecule has 1 aliphatic heterocycles. The van der Waals surface area contributed by atoms with Gasteiger partial charge in [0, 0.05) is 5.53 Å². The van der Waals surface area contributed by atoms with E-state index in [2.05, 4.69) is 15.0 Å². The monoisotopic (exact) mass is 287 g/mol. The minimum atomic E-state index is -10.7. The van der Waals surface area contributed by atoms with Crippen molar-refractivity contribution in [2.45, 2.75) is 0 Å². The van der Waals surface area contributed by atoms with Crippen LogP contribution < -0.4 is 0 Å². The molecule has 0 bridgehead atoms. The zero-order chi connectivity index (χ0) is 14.0. The van der Waals surface area contributed by atoms with Crippen molar-refractivity contribution in [1.29, 1.82) is 0 Å². The van der Waals surface area contributed by atoms with E-state index in [1.165, 1.54) is 0 Å². The van der Waals surface area contributed by atoms with Gasteiger partial charge in [0.15, 0.2) is 0 Å². The molecule has 1 rings (SSSR count). The first-order valence-electron chi connectivity index (χ1n) is 4.27. The van der Waals surface area contributed by atoms with Crippen molar-refractivity contribution >= 4 is 7.81 Å². The number of azide groups is 1. The summed E-state index contributed by atoms with van der Waals surface area (Å²) in [6.45, 7) is 2.75. The second-order valence-corrected chi connectivity index (χ2v) is 5.84. The van der Waals surface area contributed by atoms with Crippen LogP contribution in [0.2, 0.25) is 0 Å². The predicted molar refractivity (Wildman–Crippen MR) is 51.3 cm³/mol. The van der Waals surface area contributed by atoms with Gasteiger partial charge in [-0.15, -0.1) is 0 Å². The molecular formula is C5H12F6N5P. The summed E-state index contributed by atoms with van der Waals surface area (Å²) in [5, 5.41) is 3.68. The molecule has 1 fully saturated rings. The van der Waals surface area contributed by atoms with Crippen LogP contribution in [0, 0.1) is 0 Å². The van der Waals surface area contributed by atoms with Crippen molar-refractivity contribution in [2.75, 3.05) is 33.9 Å². The summed E-state index contributed by atoms with van der Waals surface area (Å²) in [4.78, 5) is 4.94. The molecule has 1 heterocycles. The van der Waals surface area contributed by atoms with Gasteiger partial charge in [-0.25, -0.2) is 4.59 Å². The molecule has 1 aliphatic rings. The van der Waals surface area contributed by atoms with Gasteiger partial charge in [-0.2, -0.15) is 0 Å². The normalized spacial score (nSPS) is 29.4. The molecule has 1 unspecified atom stereocenters. The number of quaternary nitrogens is 1. The van der Waals surface area contributed by atoms with E-state index in [1.54, 1.807) is 0 Å². The molecule has 1 atom stereocenters. The van der Waals surface area contributed by atoms with Crippen LogP contribution in [0.3, 0.4) is 0 Å². The van der Waals surface area contributed by atoms with Crippen LogP contribution in [0.1, 0.15) is 0 Å². The average molecular weight is 287 g/mol. The van der Waals surface area contributed by atoms with Crippen molar-refractivity contribution in [3.8, 4) is 0 Å². The minimum absolute atomic E-state index is 0.465. The third-order valence-corrected chi connectivity index (χ3v) is 1.77. The number of halogens is 6. The molecule has 0 aromatic rings. The van der Waals surface area contributed by atoms with Crippen molar-refractivity contribution in [2.24, 2.45) is 5.22 Å². The molecule has 17 heavy (non-hydrogen) atoms. The number of hydrogen-bond acceptors (Lipinski definition) is 2. The second-order valence-electron chi connectivity index (χ2n) is 3.92. The van der Waals surface area contributed by atoms with Crippen molar-refractivity contribution in [3.05, 3.63) is 10.4 Å². The Morgan fingerprint density at radius 2 is 1.65 bits per heavy atom. The summed E-state index contributed by atoms with van der Waals surface area (Å²) in [7, 11) is -6.70. The van der Waals surface area contributed by atoms with Gasteiger partial charge in [-0.05, 0) is 7.05 Å². The van der Waals surface area contributed by atoms with Crippen molar-refractivity contribution in [1.82, 2.24) is 4.90 Å². The van der Waals surface area contributed by atoms with Crippen LogP contribution in [0.25, 0.3) is 10.4 Å². The van der Waals surface area contributed by atoms with E-state index in [0.717, 1.165) is 19.8 Å². The molecule has 0 amide bonds. The molecule has 0 aromatic carbocycles. The fourth-order valence-corrected chi connectivity index (χ4v) is 1.22. The molecule has 0 aromatic heterocycles. The number of likely N-dealkylation sites (N-methyl/N-ethyl adjacent to an activating group) is 2. The molecule has 0 aliphatic carbocycles. The van der Waals surface area contributed by atoms with E-state index < -0.39 is 7.81 Å². The third kappa shape index (κ3) is 13.2. The Morgan fingerprint density at radius 3 is 1.88 bits per heavy atom. The van der Waals surface area contributed by atoms with Gasteiger partial charge in [0.25, 0.3) is 0 Å². The van der Waals surface area contributed by atoms with Crippen LogP contribution in [0.15, 0.2) is 5.22 Å². The first kappa shape index (κ1) is 16.2. The summed E-state index contributed by atoms with van der Waals surface area (Å²) in [6, 6.07) is 0.